The van der Waals surface area contributed by atoms with Crippen LogP contribution in [-0.4, -0.2) is 37.7 Å². The Morgan fingerprint density at radius 2 is 2.00 bits per heavy atom. The van der Waals surface area contributed by atoms with Crippen molar-refractivity contribution in [2.75, 3.05) is 19.8 Å². The molecule has 0 aromatic heterocycles. The van der Waals surface area contributed by atoms with Gasteiger partial charge < -0.3 is 14.8 Å². The standard InChI is InChI=1S/C18H19NO4/c20-17(19-11-14-7-4-10-22-14)12-23-18(21)16-9-3-6-13-5-1-2-8-15(13)16/h1-3,5-6,8-9,14H,4,7,10-12H2,(H,19,20)/t14-/m1/s1. The molecule has 1 fully saturated rings. The van der Waals surface area contributed by atoms with Crippen LogP contribution in [0.5, 0.6) is 0 Å². The molecular formula is C18H19NO4. The van der Waals surface area contributed by atoms with Gasteiger partial charge in [-0.25, -0.2) is 4.79 Å². The van der Waals surface area contributed by atoms with E-state index in [2.05, 4.69) is 5.32 Å². The molecule has 5 heteroatoms. The fourth-order valence-corrected chi connectivity index (χ4v) is 2.70. The van der Waals surface area contributed by atoms with Gasteiger partial charge in [0.05, 0.1) is 11.7 Å². The van der Waals surface area contributed by atoms with E-state index in [-0.39, 0.29) is 18.6 Å². The largest absolute Gasteiger partial charge is 0.452 e. The van der Waals surface area contributed by atoms with Crippen LogP contribution in [0.25, 0.3) is 10.8 Å². The van der Waals surface area contributed by atoms with Crippen LogP contribution in [0, 0.1) is 0 Å². The molecule has 0 saturated carbocycles. The predicted octanol–water partition coefficient (Wildman–Crippen LogP) is 2.29. The molecule has 1 saturated heterocycles. The second-order valence-electron chi connectivity index (χ2n) is 5.54. The molecule has 5 nitrogen and oxygen atoms in total. The highest BCUT2D eigenvalue weighted by atomic mass is 16.5. The van der Waals surface area contributed by atoms with Gasteiger partial charge in [-0.1, -0.05) is 36.4 Å². The van der Waals surface area contributed by atoms with E-state index >= 15 is 0 Å². The van der Waals surface area contributed by atoms with Gasteiger partial charge in [-0.2, -0.15) is 0 Å². The molecule has 0 radical (unpaired) electrons. The summed E-state index contributed by atoms with van der Waals surface area (Å²) in [7, 11) is 0. The van der Waals surface area contributed by atoms with Crippen molar-refractivity contribution in [3.8, 4) is 0 Å². The number of benzene rings is 2. The van der Waals surface area contributed by atoms with Crippen LogP contribution in [0.4, 0.5) is 0 Å². The lowest BCUT2D eigenvalue weighted by Crippen LogP contribution is -2.34. The number of ether oxygens (including phenoxy) is 2. The van der Waals surface area contributed by atoms with Gasteiger partial charge in [-0.05, 0) is 29.7 Å². The Balaban J connectivity index is 1.55. The van der Waals surface area contributed by atoms with E-state index in [4.69, 9.17) is 9.47 Å². The summed E-state index contributed by atoms with van der Waals surface area (Å²) in [5.41, 5.74) is 0.468. The molecule has 23 heavy (non-hydrogen) atoms. The topological polar surface area (TPSA) is 64.6 Å². The Morgan fingerprint density at radius 1 is 1.17 bits per heavy atom. The van der Waals surface area contributed by atoms with Crippen molar-refractivity contribution in [1.82, 2.24) is 5.32 Å². The third kappa shape index (κ3) is 3.87. The lowest BCUT2D eigenvalue weighted by molar-refractivity contribution is -0.124. The first-order valence-corrected chi connectivity index (χ1v) is 7.77. The number of nitrogens with one attached hydrogen (secondary N) is 1. The molecule has 1 aliphatic heterocycles. The van der Waals surface area contributed by atoms with Crippen LogP contribution < -0.4 is 5.32 Å². The molecule has 1 atom stereocenters. The van der Waals surface area contributed by atoms with Crippen LogP contribution >= 0.6 is 0 Å². The Morgan fingerprint density at radius 3 is 2.83 bits per heavy atom. The minimum Gasteiger partial charge on any atom is -0.452 e. The van der Waals surface area contributed by atoms with Crippen LogP contribution in [-0.2, 0) is 14.3 Å². The second kappa shape index (κ2) is 7.24. The summed E-state index contributed by atoms with van der Waals surface area (Å²) < 4.78 is 10.5. The fourth-order valence-electron chi connectivity index (χ4n) is 2.70. The Labute approximate surface area is 134 Å². The Hall–Kier alpha value is -2.40. The quantitative estimate of drug-likeness (QED) is 0.860. The van der Waals surface area contributed by atoms with Crippen molar-refractivity contribution in [2.24, 2.45) is 0 Å². The maximum Gasteiger partial charge on any atom is 0.339 e. The molecule has 1 amide bonds. The van der Waals surface area contributed by atoms with Gasteiger partial charge in [-0.3, -0.25) is 4.79 Å². The zero-order valence-electron chi connectivity index (χ0n) is 12.8. The van der Waals surface area contributed by atoms with E-state index in [1.54, 1.807) is 12.1 Å². The van der Waals surface area contributed by atoms with Crippen molar-refractivity contribution in [3.63, 3.8) is 0 Å². The van der Waals surface area contributed by atoms with Crippen molar-refractivity contribution in [2.45, 2.75) is 18.9 Å². The van der Waals surface area contributed by atoms with Gasteiger partial charge in [0.2, 0.25) is 0 Å². The summed E-state index contributed by atoms with van der Waals surface area (Å²) in [4.78, 5) is 24.0. The maximum atomic E-state index is 12.2. The highest BCUT2D eigenvalue weighted by Gasteiger charge is 2.17. The van der Waals surface area contributed by atoms with E-state index in [0.717, 1.165) is 30.2 Å². The van der Waals surface area contributed by atoms with Gasteiger partial charge in [0.15, 0.2) is 6.61 Å². The number of rotatable bonds is 5. The fraction of sp³-hybridized carbons (Fsp3) is 0.333. The number of hydrogen-bond acceptors (Lipinski definition) is 4. The number of esters is 1. The molecule has 2 aromatic carbocycles. The lowest BCUT2D eigenvalue weighted by Gasteiger charge is -2.11. The first kappa shape index (κ1) is 15.5. The van der Waals surface area contributed by atoms with Gasteiger partial charge >= 0.3 is 5.97 Å². The van der Waals surface area contributed by atoms with Crippen molar-refractivity contribution >= 4 is 22.6 Å². The highest BCUT2D eigenvalue weighted by Crippen LogP contribution is 2.19. The monoisotopic (exact) mass is 313 g/mol. The molecule has 0 aliphatic carbocycles. The first-order chi connectivity index (χ1) is 11.2. The zero-order valence-corrected chi connectivity index (χ0v) is 12.8. The molecule has 0 bridgehead atoms. The van der Waals surface area contributed by atoms with Crippen molar-refractivity contribution < 1.29 is 19.1 Å². The van der Waals surface area contributed by atoms with E-state index in [0.29, 0.717) is 12.1 Å². The average molecular weight is 313 g/mol. The van der Waals surface area contributed by atoms with Gasteiger partial charge in [-0.15, -0.1) is 0 Å². The third-order valence-electron chi connectivity index (χ3n) is 3.89. The van der Waals surface area contributed by atoms with Crippen LogP contribution in [0.3, 0.4) is 0 Å². The van der Waals surface area contributed by atoms with Gasteiger partial charge in [0.25, 0.3) is 5.91 Å². The number of hydrogen-bond donors (Lipinski definition) is 1. The summed E-state index contributed by atoms with van der Waals surface area (Å²) >= 11 is 0. The minimum atomic E-state index is -0.492. The van der Waals surface area contributed by atoms with Crippen LogP contribution in [0.2, 0.25) is 0 Å². The van der Waals surface area contributed by atoms with Crippen LogP contribution in [0.15, 0.2) is 42.5 Å². The SMILES string of the molecule is O=C(COC(=O)c1cccc2ccccc12)NC[C@H]1CCCO1. The number of amides is 1. The Bertz CT molecular complexity index is 702. The highest BCUT2D eigenvalue weighted by molar-refractivity contribution is 6.04. The normalized spacial score (nSPS) is 17.1. The van der Waals surface area contributed by atoms with E-state index in [9.17, 15) is 9.59 Å². The maximum absolute atomic E-state index is 12.2. The average Bonchev–Trinajstić information content (AvgIpc) is 3.11. The number of fused-ring (bicyclic) bond motifs is 1. The third-order valence-corrected chi connectivity index (χ3v) is 3.89. The van der Waals surface area contributed by atoms with E-state index in [1.807, 2.05) is 30.3 Å². The molecule has 2 aromatic rings. The summed E-state index contributed by atoms with van der Waals surface area (Å²) in [6, 6.07) is 13.0. The van der Waals surface area contributed by atoms with Gasteiger partial charge in [0.1, 0.15) is 0 Å². The zero-order chi connectivity index (χ0) is 16.1. The molecule has 0 unspecified atom stereocenters. The van der Waals surface area contributed by atoms with E-state index < -0.39 is 5.97 Å². The molecule has 0 spiro atoms. The summed E-state index contributed by atoms with van der Waals surface area (Å²) in [6.45, 7) is 0.927. The number of carbonyl (C=O) groups is 2. The minimum absolute atomic E-state index is 0.0766. The molecule has 1 aliphatic rings. The van der Waals surface area contributed by atoms with Crippen molar-refractivity contribution in [1.29, 1.82) is 0 Å². The second-order valence-corrected chi connectivity index (χ2v) is 5.54. The summed E-state index contributed by atoms with van der Waals surface area (Å²) in [5, 5.41) is 4.51. The summed E-state index contributed by atoms with van der Waals surface area (Å²) in [5.74, 6) is -0.803. The smallest absolute Gasteiger partial charge is 0.339 e. The summed E-state index contributed by atoms with van der Waals surface area (Å²) in [6.07, 6.45) is 2.06. The predicted molar refractivity (Wildman–Crippen MR) is 86.2 cm³/mol. The first-order valence-electron chi connectivity index (χ1n) is 7.77. The molecule has 120 valence electrons. The van der Waals surface area contributed by atoms with Gasteiger partial charge in [0, 0.05) is 13.2 Å². The molecule has 1 N–H and O–H groups in total. The Kier molecular flexibility index (Phi) is 4.88. The molecule has 1 heterocycles. The van der Waals surface area contributed by atoms with E-state index in [1.165, 1.54) is 0 Å². The van der Waals surface area contributed by atoms with Crippen molar-refractivity contribution in [3.05, 3.63) is 48.0 Å². The van der Waals surface area contributed by atoms with Crippen LogP contribution in [0.1, 0.15) is 23.2 Å². The molecular weight excluding hydrogens is 294 g/mol. The number of carbonyl (C=O) groups excluding carboxylic acids is 2. The lowest BCUT2D eigenvalue weighted by atomic mass is 10.1. The molecule has 3 rings (SSSR count).